The Morgan fingerprint density at radius 2 is 2.27 bits per heavy atom. The molecule has 3 atom stereocenters. The third-order valence-electron chi connectivity index (χ3n) is 3.42. The lowest BCUT2D eigenvalue weighted by Gasteiger charge is -2.51. The number of hydrogen-bond donors (Lipinski definition) is 1. The van der Waals surface area contributed by atoms with E-state index in [1.54, 1.807) is 7.11 Å². The number of ether oxygens (including phenoxy) is 1. The molecule has 0 aliphatic heterocycles. The van der Waals surface area contributed by atoms with Crippen molar-refractivity contribution in [1.29, 1.82) is 0 Å². The molecule has 1 rings (SSSR count). The number of alkyl halides is 1. The molecule has 4 heteroatoms. The molecular formula is C11H20BrNO2. The minimum Gasteiger partial charge on any atom is -0.381 e. The SMILES string of the molecule is CCC(Br)C(=O)NC1CC(OC)C1(C)C. The van der Waals surface area contributed by atoms with E-state index in [0.29, 0.717) is 0 Å². The maximum atomic E-state index is 11.7. The van der Waals surface area contributed by atoms with Crippen LogP contribution in [0.25, 0.3) is 0 Å². The summed E-state index contributed by atoms with van der Waals surface area (Å²) < 4.78 is 5.34. The van der Waals surface area contributed by atoms with Crippen LogP contribution in [0.5, 0.6) is 0 Å². The Morgan fingerprint density at radius 3 is 2.67 bits per heavy atom. The first-order valence-electron chi connectivity index (χ1n) is 5.40. The fourth-order valence-electron chi connectivity index (χ4n) is 1.98. The number of amides is 1. The predicted molar refractivity (Wildman–Crippen MR) is 64.1 cm³/mol. The Balaban J connectivity index is 2.46. The van der Waals surface area contributed by atoms with Crippen molar-refractivity contribution in [3.8, 4) is 0 Å². The summed E-state index contributed by atoms with van der Waals surface area (Å²) in [5.41, 5.74) is 0.0465. The Kier molecular flexibility index (Phi) is 4.18. The van der Waals surface area contributed by atoms with Gasteiger partial charge in [0.25, 0.3) is 0 Å². The van der Waals surface area contributed by atoms with Gasteiger partial charge >= 0.3 is 0 Å². The van der Waals surface area contributed by atoms with Crippen LogP contribution in [0, 0.1) is 5.41 Å². The van der Waals surface area contributed by atoms with Crippen LogP contribution in [0.15, 0.2) is 0 Å². The molecule has 0 aromatic rings. The minimum atomic E-state index is -0.0742. The number of carbonyl (C=O) groups excluding carboxylic acids is 1. The molecular weight excluding hydrogens is 258 g/mol. The van der Waals surface area contributed by atoms with E-state index < -0.39 is 0 Å². The molecule has 1 saturated carbocycles. The van der Waals surface area contributed by atoms with Crippen LogP contribution in [0.1, 0.15) is 33.6 Å². The van der Waals surface area contributed by atoms with Gasteiger partial charge in [0.2, 0.25) is 5.91 Å². The Morgan fingerprint density at radius 1 is 1.67 bits per heavy atom. The number of carbonyl (C=O) groups is 1. The summed E-state index contributed by atoms with van der Waals surface area (Å²) in [6.07, 6.45) is 1.99. The molecule has 0 heterocycles. The Labute approximate surface area is 100 Å². The van der Waals surface area contributed by atoms with E-state index in [0.717, 1.165) is 12.8 Å². The van der Waals surface area contributed by atoms with Crippen molar-refractivity contribution in [2.24, 2.45) is 5.41 Å². The quantitative estimate of drug-likeness (QED) is 0.800. The first kappa shape index (κ1) is 13.0. The van der Waals surface area contributed by atoms with Crippen LogP contribution < -0.4 is 5.32 Å². The number of nitrogens with one attached hydrogen (secondary N) is 1. The molecule has 3 unspecified atom stereocenters. The molecule has 15 heavy (non-hydrogen) atoms. The molecule has 1 aliphatic carbocycles. The molecule has 0 aromatic carbocycles. The van der Waals surface area contributed by atoms with Gasteiger partial charge in [-0.05, 0) is 12.8 Å². The van der Waals surface area contributed by atoms with Crippen molar-refractivity contribution >= 4 is 21.8 Å². The standard InChI is InChI=1S/C11H20BrNO2/c1-5-7(12)10(14)13-8-6-9(15-4)11(8,2)3/h7-9H,5-6H2,1-4H3,(H,13,14). The van der Waals surface area contributed by atoms with Crippen molar-refractivity contribution in [3.05, 3.63) is 0 Å². The largest absolute Gasteiger partial charge is 0.381 e. The third-order valence-corrected chi connectivity index (χ3v) is 4.48. The average molecular weight is 278 g/mol. The van der Waals surface area contributed by atoms with E-state index in [2.05, 4.69) is 35.1 Å². The Hall–Kier alpha value is -0.0900. The van der Waals surface area contributed by atoms with Gasteiger partial charge < -0.3 is 10.1 Å². The van der Waals surface area contributed by atoms with Gasteiger partial charge in [0.15, 0.2) is 0 Å². The van der Waals surface area contributed by atoms with Crippen molar-refractivity contribution in [2.75, 3.05) is 7.11 Å². The van der Waals surface area contributed by atoms with Gasteiger partial charge in [-0.15, -0.1) is 0 Å². The number of rotatable bonds is 4. The molecule has 0 bridgehead atoms. The smallest absolute Gasteiger partial charge is 0.234 e. The van der Waals surface area contributed by atoms with E-state index in [4.69, 9.17) is 4.74 Å². The van der Waals surface area contributed by atoms with Gasteiger partial charge in [-0.3, -0.25) is 4.79 Å². The maximum Gasteiger partial charge on any atom is 0.234 e. The molecule has 0 radical (unpaired) electrons. The van der Waals surface area contributed by atoms with Crippen LogP contribution in [0.4, 0.5) is 0 Å². The lowest BCUT2D eigenvalue weighted by Crippen LogP contribution is -2.62. The molecule has 0 aromatic heterocycles. The average Bonchev–Trinajstić information content (AvgIpc) is 2.21. The molecule has 88 valence electrons. The first-order chi connectivity index (χ1) is 6.93. The van der Waals surface area contributed by atoms with Gasteiger partial charge in [-0.1, -0.05) is 36.7 Å². The van der Waals surface area contributed by atoms with E-state index in [1.165, 1.54) is 0 Å². The molecule has 1 aliphatic rings. The second-order valence-corrected chi connectivity index (χ2v) is 5.82. The summed E-state index contributed by atoms with van der Waals surface area (Å²) in [5.74, 6) is 0.0881. The summed E-state index contributed by atoms with van der Waals surface area (Å²) in [6, 6.07) is 0.238. The molecule has 0 spiro atoms. The molecule has 1 amide bonds. The van der Waals surface area contributed by atoms with Crippen LogP contribution in [0.3, 0.4) is 0 Å². The first-order valence-corrected chi connectivity index (χ1v) is 6.32. The highest BCUT2D eigenvalue weighted by Gasteiger charge is 2.49. The van der Waals surface area contributed by atoms with Crippen LogP contribution >= 0.6 is 15.9 Å². The topological polar surface area (TPSA) is 38.3 Å². The second-order valence-electron chi connectivity index (χ2n) is 4.72. The zero-order valence-electron chi connectivity index (χ0n) is 9.84. The molecule has 3 nitrogen and oxygen atoms in total. The van der Waals surface area contributed by atoms with E-state index in [1.807, 2.05) is 6.92 Å². The summed E-state index contributed by atoms with van der Waals surface area (Å²) in [7, 11) is 1.73. The highest BCUT2D eigenvalue weighted by atomic mass is 79.9. The zero-order valence-corrected chi connectivity index (χ0v) is 11.4. The van der Waals surface area contributed by atoms with Gasteiger partial charge in [0.05, 0.1) is 10.9 Å². The van der Waals surface area contributed by atoms with Crippen LogP contribution in [0.2, 0.25) is 0 Å². The van der Waals surface area contributed by atoms with Crippen molar-refractivity contribution in [2.45, 2.75) is 50.6 Å². The second kappa shape index (κ2) is 4.83. The van der Waals surface area contributed by atoms with Crippen molar-refractivity contribution in [3.63, 3.8) is 0 Å². The Bertz CT molecular complexity index is 243. The molecule has 1 N–H and O–H groups in total. The molecule has 1 fully saturated rings. The molecule has 0 saturated heterocycles. The normalized spacial score (nSPS) is 30.5. The van der Waals surface area contributed by atoms with Gasteiger partial charge in [0.1, 0.15) is 0 Å². The maximum absolute atomic E-state index is 11.7. The highest BCUT2D eigenvalue weighted by molar-refractivity contribution is 9.10. The van der Waals surface area contributed by atoms with Gasteiger partial charge in [-0.25, -0.2) is 0 Å². The minimum absolute atomic E-state index is 0.0465. The third kappa shape index (κ3) is 2.53. The zero-order chi connectivity index (χ0) is 11.6. The number of halogens is 1. The summed E-state index contributed by atoms with van der Waals surface area (Å²) >= 11 is 3.35. The van der Waals surface area contributed by atoms with Crippen molar-refractivity contribution in [1.82, 2.24) is 5.32 Å². The van der Waals surface area contributed by atoms with Crippen molar-refractivity contribution < 1.29 is 9.53 Å². The van der Waals surface area contributed by atoms with Crippen LogP contribution in [-0.2, 0) is 9.53 Å². The fourth-order valence-corrected chi connectivity index (χ4v) is 2.11. The lowest BCUT2D eigenvalue weighted by molar-refractivity contribution is -0.132. The number of hydrogen-bond acceptors (Lipinski definition) is 2. The predicted octanol–water partition coefficient (Wildman–Crippen LogP) is 2.09. The van der Waals surface area contributed by atoms with Crippen LogP contribution in [-0.4, -0.2) is 30.0 Å². The van der Waals surface area contributed by atoms with Gasteiger partial charge in [-0.2, -0.15) is 0 Å². The summed E-state index contributed by atoms with van der Waals surface area (Å²) in [6.45, 7) is 6.25. The number of methoxy groups -OCH3 is 1. The van der Waals surface area contributed by atoms with E-state index >= 15 is 0 Å². The summed E-state index contributed by atoms with van der Waals surface area (Å²) in [4.78, 5) is 11.6. The summed E-state index contributed by atoms with van der Waals surface area (Å²) in [5, 5.41) is 3.06. The lowest BCUT2D eigenvalue weighted by atomic mass is 9.64. The van der Waals surface area contributed by atoms with E-state index in [-0.39, 0.29) is 28.3 Å². The fraction of sp³-hybridized carbons (Fsp3) is 0.909. The monoisotopic (exact) mass is 277 g/mol. The van der Waals surface area contributed by atoms with E-state index in [9.17, 15) is 4.79 Å². The van der Waals surface area contributed by atoms with Gasteiger partial charge in [0, 0.05) is 18.6 Å². The highest BCUT2D eigenvalue weighted by Crippen LogP contribution is 2.42.